The summed E-state index contributed by atoms with van der Waals surface area (Å²) in [6.45, 7) is 2.61. The molecule has 2 aromatic carbocycles. The molecule has 0 spiro atoms. The third-order valence-electron chi connectivity index (χ3n) is 3.78. The molecule has 0 radical (unpaired) electrons. The van der Waals surface area contributed by atoms with E-state index in [1.54, 1.807) is 24.3 Å². The van der Waals surface area contributed by atoms with E-state index >= 15 is 0 Å². The highest BCUT2D eigenvalue weighted by Gasteiger charge is 2.13. The van der Waals surface area contributed by atoms with Gasteiger partial charge in [-0.05, 0) is 55.5 Å². The van der Waals surface area contributed by atoms with Gasteiger partial charge in [-0.1, -0.05) is 11.6 Å². The molecule has 0 saturated carbocycles. The molecule has 0 heterocycles. The molecule has 0 bridgehead atoms. The predicted octanol–water partition coefficient (Wildman–Crippen LogP) is 3.31. The normalized spacial score (nSPS) is 12.1. The number of ether oxygens (including phenoxy) is 1. The van der Waals surface area contributed by atoms with Crippen molar-refractivity contribution < 1.29 is 13.2 Å². The average Bonchev–Trinajstić information content (AvgIpc) is 2.63. The van der Waals surface area contributed by atoms with Gasteiger partial charge in [-0.25, -0.2) is 18.1 Å². The lowest BCUT2D eigenvalue weighted by atomic mass is 10.3. The number of likely N-dealkylation sites (N-methyl/N-ethyl adjacent to an activating group) is 1. The Balaban J connectivity index is 1.91. The molecular weight excluding hydrogens is 374 g/mol. The summed E-state index contributed by atoms with van der Waals surface area (Å²) in [7, 11) is -0.166. The number of hydrogen-bond donors (Lipinski definition) is 1. The molecule has 6 nitrogen and oxygen atoms in total. The third kappa shape index (κ3) is 5.72. The lowest BCUT2D eigenvalue weighted by Gasteiger charge is -2.19. The smallest absolute Gasteiger partial charge is 0.240 e. The molecule has 0 unspecified atom stereocenters. The minimum atomic E-state index is -3.56. The second-order valence-corrected chi connectivity index (χ2v) is 7.83. The van der Waals surface area contributed by atoms with E-state index in [1.807, 2.05) is 31.0 Å². The molecule has 0 aliphatic rings. The molecule has 2 aromatic rings. The first-order chi connectivity index (χ1) is 12.3. The molecule has 0 atom stereocenters. The van der Waals surface area contributed by atoms with Crippen molar-refractivity contribution in [2.24, 2.45) is 4.99 Å². The highest BCUT2D eigenvalue weighted by Crippen LogP contribution is 2.17. The Labute approximate surface area is 159 Å². The summed E-state index contributed by atoms with van der Waals surface area (Å²) < 4.78 is 32.2. The van der Waals surface area contributed by atoms with Crippen LogP contribution in [0.4, 0.5) is 5.69 Å². The summed E-state index contributed by atoms with van der Waals surface area (Å²) in [5, 5.41) is 0.655. The van der Waals surface area contributed by atoms with Crippen molar-refractivity contribution in [3.05, 3.63) is 53.6 Å². The fraction of sp³-hybridized carbons (Fsp3) is 0.278. The van der Waals surface area contributed by atoms with Gasteiger partial charge in [-0.15, -0.1) is 0 Å². The fourth-order valence-electron chi connectivity index (χ4n) is 2.14. The van der Waals surface area contributed by atoms with Gasteiger partial charge < -0.3 is 9.64 Å². The number of halogens is 1. The second-order valence-electron chi connectivity index (χ2n) is 5.63. The monoisotopic (exact) mass is 395 g/mol. The van der Waals surface area contributed by atoms with Crippen LogP contribution in [0.25, 0.3) is 0 Å². The van der Waals surface area contributed by atoms with E-state index in [0.717, 1.165) is 11.5 Å². The van der Waals surface area contributed by atoms with Crippen LogP contribution in [0.15, 0.2) is 58.4 Å². The average molecular weight is 396 g/mol. The zero-order valence-corrected chi connectivity index (χ0v) is 16.5. The number of aliphatic imine (C=N–C) groups is 1. The van der Waals surface area contributed by atoms with Gasteiger partial charge in [0.25, 0.3) is 0 Å². The maximum absolute atomic E-state index is 12.3. The third-order valence-corrected chi connectivity index (χ3v) is 5.51. The van der Waals surface area contributed by atoms with Crippen LogP contribution in [0.1, 0.15) is 6.92 Å². The molecule has 0 aliphatic heterocycles. The highest BCUT2D eigenvalue weighted by molar-refractivity contribution is 7.89. The highest BCUT2D eigenvalue weighted by atomic mass is 35.5. The molecule has 26 heavy (non-hydrogen) atoms. The van der Waals surface area contributed by atoms with Crippen LogP contribution in [0.3, 0.4) is 0 Å². The van der Waals surface area contributed by atoms with E-state index in [9.17, 15) is 8.42 Å². The lowest BCUT2D eigenvalue weighted by molar-refractivity contribution is 0.414. The summed E-state index contributed by atoms with van der Waals surface area (Å²) >= 11 is 5.86. The molecule has 8 heteroatoms. The van der Waals surface area contributed by atoms with Crippen LogP contribution in [0, 0.1) is 0 Å². The standard InChI is InChI=1S/C18H22ClN3O3S/c1-14(21-16-6-4-15(19)5-7-16)22(2)13-12-20-26(23,24)18-10-8-17(25-3)9-11-18/h4-11,20H,12-13H2,1-3H3. The van der Waals surface area contributed by atoms with Gasteiger partial charge in [0.05, 0.1) is 17.7 Å². The van der Waals surface area contributed by atoms with Gasteiger partial charge in [-0.3, -0.25) is 0 Å². The largest absolute Gasteiger partial charge is 0.497 e. The number of methoxy groups -OCH3 is 1. The zero-order valence-electron chi connectivity index (χ0n) is 14.9. The van der Waals surface area contributed by atoms with Crippen LogP contribution in [-0.4, -0.2) is 46.4 Å². The number of benzene rings is 2. The molecule has 0 amide bonds. The van der Waals surface area contributed by atoms with Gasteiger partial charge >= 0.3 is 0 Å². The molecular formula is C18H22ClN3O3S. The van der Waals surface area contributed by atoms with E-state index in [1.165, 1.54) is 19.2 Å². The first-order valence-corrected chi connectivity index (χ1v) is 9.83. The number of amidine groups is 1. The van der Waals surface area contributed by atoms with Gasteiger partial charge in [-0.2, -0.15) is 0 Å². The SMILES string of the molecule is COc1ccc(S(=O)(=O)NCCN(C)C(C)=Nc2ccc(Cl)cc2)cc1. The van der Waals surface area contributed by atoms with Crippen molar-refractivity contribution in [1.82, 2.24) is 9.62 Å². The summed E-state index contributed by atoms with van der Waals surface area (Å²) in [6, 6.07) is 13.5. The Morgan fingerprint density at radius 3 is 2.35 bits per heavy atom. The topological polar surface area (TPSA) is 71.0 Å². The minimum Gasteiger partial charge on any atom is -0.497 e. The van der Waals surface area contributed by atoms with Crippen LogP contribution in [-0.2, 0) is 10.0 Å². The molecule has 0 aromatic heterocycles. The lowest BCUT2D eigenvalue weighted by Crippen LogP contribution is -2.35. The van der Waals surface area contributed by atoms with Crippen LogP contribution < -0.4 is 9.46 Å². The Kier molecular flexibility index (Phi) is 7.02. The van der Waals surface area contributed by atoms with Crippen molar-refractivity contribution in [3.63, 3.8) is 0 Å². The van der Waals surface area contributed by atoms with Gasteiger partial charge in [0, 0.05) is 25.2 Å². The summed E-state index contributed by atoms with van der Waals surface area (Å²) in [4.78, 5) is 6.57. The van der Waals surface area contributed by atoms with Crippen molar-refractivity contribution >= 4 is 33.1 Å². The number of sulfonamides is 1. The summed E-state index contributed by atoms with van der Waals surface area (Å²) in [5.74, 6) is 1.38. The maximum atomic E-state index is 12.3. The number of hydrogen-bond acceptors (Lipinski definition) is 4. The Morgan fingerprint density at radius 2 is 1.77 bits per heavy atom. The molecule has 2 rings (SSSR count). The second kappa shape index (κ2) is 9.02. The molecule has 140 valence electrons. The molecule has 0 saturated heterocycles. The molecule has 1 N–H and O–H groups in total. The van der Waals surface area contributed by atoms with Crippen molar-refractivity contribution in [2.75, 3.05) is 27.2 Å². The van der Waals surface area contributed by atoms with E-state index < -0.39 is 10.0 Å². The van der Waals surface area contributed by atoms with E-state index in [-0.39, 0.29) is 11.4 Å². The van der Waals surface area contributed by atoms with E-state index in [2.05, 4.69) is 9.71 Å². The van der Waals surface area contributed by atoms with Gasteiger partial charge in [0.2, 0.25) is 10.0 Å². The van der Waals surface area contributed by atoms with Gasteiger partial charge in [0.15, 0.2) is 0 Å². The van der Waals surface area contributed by atoms with E-state index in [4.69, 9.17) is 16.3 Å². The fourth-order valence-corrected chi connectivity index (χ4v) is 3.28. The van der Waals surface area contributed by atoms with Crippen molar-refractivity contribution in [3.8, 4) is 5.75 Å². The quantitative estimate of drug-likeness (QED) is 0.576. The van der Waals surface area contributed by atoms with Crippen LogP contribution >= 0.6 is 11.6 Å². The first-order valence-electron chi connectivity index (χ1n) is 7.97. The predicted molar refractivity (Wildman–Crippen MR) is 105 cm³/mol. The van der Waals surface area contributed by atoms with Crippen molar-refractivity contribution in [1.29, 1.82) is 0 Å². The summed E-state index contributed by atoms with van der Waals surface area (Å²) in [5.41, 5.74) is 0.789. The Morgan fingerprint density at radius 1 is 1.15 bits per heavy atom. The molecule has 0 aliphatic carbocycles. The Hall–Kier alpha value is -2.09. The zero-order chi connectivity index (χ0) is 19.2. The first kappa shape index (κ1) is 20.2. The molecule has 0 fully saturated rings. The van der Waals surface area contributed by atoms with E-state index in [0.29, 0.717) is 17.3 Å². The van der Waals surface area contributed by atoms with Crippen molar-refractivity contribution in [2.45, 2.75) is 11.8 Å². The van der Waals surface area contributed by atoms with Gasteiger partial charge in [0.1, 0.15) is 11.6 Å². The van der Waals surface area contributed by atoms with Crippen LogP contribution in [0.5, 0.6) is 5.75 Å². The number of rotatable bonds is 7. The Bertz CT molecular complexity index is 850. The maximum Gasteiger partial charge on any atom is 0.240 e. The number of nitrogens with zero attached hydrogens (tertiary/aromatic N) is 2. The minimum absolute atomic E-state index is 0.201. The number of nitrogens with one attached hydrogen (secondary N) is 1. The summed E-state index contributed by atoms with van der Waals surface area (Å²) in [6.07, 6.45) is 0. The van der Waals surface area contributed by atoms with Crippen LogP contribution in [0.2, 0.25) is 5.02 Å².